The number of thiophene rings is 1. The number of fused-ring (bicyclic) bond motifs is 1. The second-order valence-electron chi connectivity index (χ2n) is 9.83. The molecule has 200 valence electrons. The Labute approximate surface area is 233 Å². The molecule has 1 aliphatic heterocycles. The molecule has 0 aromatic carbocycles. The molecule has 0 bridgehead atoms. The van der Waals surface area contributed by atoms with Crippen LogP contribution in [0.3, 0.4) is 0 Å². The van der Waals surface area contributed by atoms with E-state index in [0.717, 1.165) is 69.1 Å². The largest absolute Gasteiger partial charge is 0.336 e. The zero-order valence-electron chi connectivity index (χ0n) is 22.8. The van der Waals surface area contributed by atoms with E-state index in [9.17, 15) is 0 Å². The van der Waals surface area contributed by atoms with Gasteiger partial charge in [-0.05, 0) is 99.5 Å². The van der Waals surface area contributed by atoms with Crippen LogP contribution in [-0.4, -0.2) is 49.7 Å². The molecule has 39 heavy (non-hydrogen) atoms. The van der Waals surface area contributed by atoms with Crippen molar-refractivity contribution < 1.29 is 0 Å². The topological polar surface area (TPSA) is 73.5 Å². The van der Waals surface area contributed by atoms with Gasteiger partial charge < -0.3 is 9.88 Å². The summed E-state index contributed by atoms with van der Waals surface area (Å²) in [5, 5.41) is 13.8. The summed E-state index contributed by atoms with van der Waals surface area (Å²) in [6, 6.07) is 4.02. The minimum Gasteiger partial charge on any atom is -0.336 e. The predicted octanol–water partition coefficient (Wildman–Crippen LogP) is 6.15. The summed E-state index contributed by atoms with van der Waals surface area (Å²) in [7, 11) is 0. The van der Waals surface area contributed by atoms with Crippen LogP contribution in [0.2, 0.25) is 0 Å². The molecule has 0 saturated carbocycles. The molecule has 5 heterocycles. The number of rotatable bonds is 10. The lowest BCUT2D eigenvalue weighted by molar-refractivity contribution is 0.334. The second kappa shape index (κ2) is 12.4. The van der Waals surface area contributed by atoms with E-state index in [0.29, 0.717) is 5.82 Å². The first kappa shape index (κ1) is 26.8. The lowest BCUT2D eigenvalue weighted by atomic mass is 10.00. The van der Waals surface area contributed by atoms with Gasteiger partial charge in [-0.2, -0.15) is 16.4 Å². The average Bonchev–Trinajstić information content (AvgIpc) is 3.77. The van der Waals surface area contributed by atoms with Gasteiger partial charge in [0.15, 0.2) is 5.82 Å². The highest BCUT2D eigenvalue weighted by Crippen LogP contribution is 2.28. The lowest BCUT2D eigenvalue weighted by Crippen LogP contribution is -2.24. The number of nitrogens with one attached hydrogen (secondary N) is 2. The number of H-pyrrole nitrogens is 2. The molecular weight excluding hydrogens is 500 g/mol. The number of hydrogen-bond acceptors (Lipinski definition) is 5. The van der Waals surface area contributed by atoms with Gasteiger partial charge in [0.05, 0.1) is 16.6 Å². The molecule has 0 radical (unpaired) electrons. The summed E-state index contributed by atoms with van der Waals surface area (Å²) in [4.78, 5) is 15.6. The van der Waals surface area contributed by atoms with Crippen LogP contribution in [-0.2, 0) is 0 Å². The summed E-state index contributed by atoms with van der Waals surface area (Å²) in [6.07, 6.45) is 17.0. The van der Waals surface area contributed by atoms with Crippen molar-refractivity contribution in [2.24, 2.45) is 0 Å². The van der Waals surface area contributed by atoms with Gasteiger partial charge in [-0.3, -0.25) is 10.1 Å². The van der Waals surface area contributed by atoms with Crippen molar-refractivity contribution in [3.05, 3.63) is 87.8 Å². The van der Waals surface area contributed by atoms with Gasteiger partial charge in [0.2, 0.25) is 0 Å². The molecular formula is C32H36N6S. The summed E-state index contributed by atoms with van der Waals surface area (Å²) < 4.78 is 0. The van der Waals surface area contributed by atoms with Crippen molar-refractivity contribution in [2.45, 2.75) is 39.5 Å². The summed E-state index contributed by atoms with van der Waals surface area (Å²) >= 11 is 1.65. The van der Waals surface area contributed by atoms with Crippen molar-refractivity contribution in [1.29, 1.82) is 0 Å². The van der Waals surface area contributed by atoms with E-state index in [4.69, 9.17) is 4.98 Å². The van der Waals surface area contributed by atoms with Crippen LogP contribution in [0.15, 0.2) is 77.2 Å². The summed E-state index contributed by atoms with van der Waals surface area (Å²) in [5.74, 6) is 0.698. The fourth-order valence-corrected chi connectivity index (χ4v) is 5.77. The molecule has 5 rings (SSSR count). The molecule has 0 unspecified atom stereocenters. The Morgan fingerprint density at radius 3 is 2.74 bits per heavy atom. The summed E-state index contributed by atoms with van der Waals surface area (Å²) in [5.41, 5.74) is 7.68. The molecule has 0 amide bonds. The first-order valence-electron chi connectivity index (χ1n) is 13.6. The van der Waals surface area contributed by atoms with Crippen LogP contribution < -0.4 is 10.6 Å². The maximum Gasteiger partial charge on any atom is 0.159 e. The second-order valence-corrected chi connectivity index (χ2v) is 10.6. The van der Waals surface area contributed by atoms with E-state index in [-0.39, 0.29) is 0 Å². The molecule has 0 aliphatic carbocycles. The third kappa shape index (κ3) is 5.95. The predicted molar refractivity (Wildman–Crippen MR) is 165 cm³/mol. The number of aromatic nitrogens is 5. The van der Waals surface area contributed by atoms with Crippen molar-refractivity contribution in [2.75, 3.05) is 19.6 Å². The molecule has 6 nitrogen and oxygen atoms in total. The van der Waals surface area contributed by atoms with Crippen LogP contribution in [0.1, 0.15) is 39.5 Å². The Morgan fingerprint density at radius 1 is 1.18 bits per heavy atom. The number of likely N-dealkylation sites (tertiary alicyclic amines) is 1. The Hall–Kier alpha value is -3.81. The van der Waals surface area contributed by atoms with E-state index in [2.05, 4.69) is 80.2 Å². The third-order valence-electron chi connectivity index (χ3n) is 7.28. The maximum absolute atomic E-state index is 4.94. The van der Waals surface area contributed by atoms with Gasteiger partial charge in [0, 0.05) is 22.4 Å². The molecule has 4 aromatic heterocycles. The molecule has 4 aromatic rings. The lowest BCUT2D eigenvalue weighted by Gasteiger charge is -2.14. The normalized spacial score (nSPS) is 16.1. The number of nitrogens with zero attached hydrogens (tertiary/aromatic N) is 4. The number of aromatic amines is 2. The molecule has 0 spiro atoms. The smallest absolute Gasteiger partial charge is 0.159 e. The summed E-state index contributed by atoms with van der Waals surface area (Å²) in [6.45, 7) is 16.2. The van der Waals surface area contributed by atoms with E-state index in [1.165, 1.54) is 31.5 Å². The van der Waals surface area contributed by atoms with Gasteiger partial charge in [-0.25, -0.2) is 4.98 Å². The fraction of sp³-hybridized carbons (Fsp3) is 0.281. The van der Waals surface area contributed by atoms with Gasteiger partial charge in [-0.15, -0.1) is 0 Å². The molecule has 1 saturated heterocycles. The highest BCUT2D eigenvalue weighted by atomic mass is 32.1. The van der Waals surface area contributed by atoms with Crippen LogP contribution in [0.25, 0.3) is 46.0 Å². The van der Waals surface area contributed by atoms with Crippen LogP contribution in [0, 0.1) is 0 Å². The maximum atomic E-state index is 4.94. The fourth-order valence-electron chi connectivity index (χ4n) is 5.13. The van der Waals surface area contributed by atoms with Crippen molar-refractivity contribution >= 4 is 34.5 Å². The van der Waals surface area contributed by atoms with Crippen molar-refractivity contribution in [3.63, 3.8) is 0 Å². The number of allylic oxidation sites excluding steroid dienone is 6. The van der Waals surface area contributed by atoms with E-state index in [1.807, 2.05) is 31.3 Å². The minimum absolute atomic E-state index is 0.698. The van der Waals surface area contributed by atoms with Gasteiger partial charge >= 0.3 is 0 Å². The first-order chi connectivity index (χ1) is 19.1. The van der Waals surface area contributed by atoms with Crippen LogP contribution in [0.5, 0.6) is 0 Å². The average molecular weight is 537 g/mol. The molecule has 1 aliphatic rings. The third-order valence-corrected chi connectivity index (χ3v) is 7.97. The van der Waals surface area contributed by atoms with Gasteiger partial charge in [-0.1, -0.05) is 37.5 Å². The Balaban J connectivity index is 1.45. The van der Waals surface area contributed by atoms with Crippen molar-refractivity contribution in [1.82, 2.24) is 30.0 Å². The van der Waals surface area contributed by atoms with Crippen molar-refractivity contribution in [3.8, 4) is 22.8 Å². The minimum atomic E-state index is 0.698. The zero-order chi connectivity index (χ0) is 27.2. The molecule has 2 N–H and O–H groups in total. The van der Waals surface area contributed by atoms with E-state index >= 15 is 0 Å². The number of imidazole rings is 1. The molecule has 1 fully saturated rings. The molecule has 0 atom stereocenters. The monoisotopic (exact) mass is 536 g/mol. The Kier molecular flexibility index (Phi) is 8.49. The quantitative estimate of drug-likeness (QED) is 0.239. The van der Waals surface area contributed by atoms with Crippen LogP contribution in [0.4, 0.5) is 0 Å². The van der Waals surface area contributed by atoms with Gasteiger partial charge in [0.25, 0.3) is 0 Å². The zero-order valence-corrected chi connectivity index (χ0v) is 23.7. The standard InChI is InChI=1S/C32H36N6S/c1-5-23(11-10-17-38-15-8-9-16-38)20-24(6-2)22(4)19-26-27(7-3)36-37-30(26)32-34-28-12-14-33-29(31(28)35-32)25-13-18-39-21-25/h5-7,12-14,18-21,36H,1,4,8-11,15-17H2,2-3H3,(H,34,35)/b23-20+,24-6+,26-19+,27-7+. The Bertz CT molecular complexity index is 1640. The molecule has 7 heteroatoms. The SMILES string of the molecule is C=C/C(=C\C(=C/C)C(=C)/C=c1/c(-c2nc3c(-c4ccsc4)nccc3[nH]2)n[nH]/c1=C/C)CCCN1CCCC1. The highest BCUT2D eigenvalue weighted by Gasteiger charge is 2.15. The number of pyridine rings is 1. The first-order valence-corrected chi connectivity index (χ1v) is 14.6. The Morgan fingerprint density at radius 2 is 2.03 bits per heavy atom. The van der Waals surface area contributed by atoms with Crippen LogP contribution >= 0.6 is 11.3 Å². The van der Waals surface area contributed by atoms with Gasteiger partial charge in [0.1, 0.15) is 11.2 Å². The number of hydrogen-bond donors (Lipinski definition) is 2. The van der Waals surface area contributed by atoms with E-state index < -0.39 is 0 Å². The van der Waals surface area contributed by atoms with E-state index in [1.54, 1.807) is 11.3 Å². The highest BCUT2D eigenvalue weighted by molar-refractivity contribution is 7.08.